The lowest BCUT2D eigenvalue weighted by Gasteiger charge is -2.05. The quantitative estimate of drug-likeness (QED) is 0.777. The highest BCUT2D eigenvalue weighted by atomic mass is 79.9. The average Bonchev–Trinajstić information content (AvgIpc) is 2.88. The molecule has 22 heavy (non-hydrogen) atoms. The van der Waals surface area contributed by atoms with Crippen LogP contribution in [0.25, 0.3) is 6.08 Å². The van der Waals surface area contributed by atoms with Gasteiger partial charge in [0.1, 0.15) is 0 Å². The fraction of sp³-hybridized carbons (Fsp3) is 0.167. The topological polar surface area (TPSA) is 37.3 Å². The maximum atomic E-state index is 11.4. The standard InChI is InChI=1S/C18H14BrClO2/c19-14-9-13-7-12(8-16(13)17(10-14)18(21)22)2-1-11-3-5-15(20)6-4-11/h3-6,8-10H,1-2,7H2,(H,21,22). The maximum Gasteiger partial charge on any atom is 0.336 e. The van der Waals surface area contributed by atoms with E-state index in [1.807, 2.05) is 36.4 Å². The summed E-state index contributed by atoms with van der Waals surface area (Å²) in [6.45, 7) is 0. The van der Waals surface area contributed by atoms with Gasteiger partial charge < -0.3 is 5.11 Å². The first-order valence-corrected chi connectivity index (χ1v) is 8.19. The van der Waals surface area contributed by atoms with Crippen LogP contribution in [0.2, 0.25) is 5.02 Å². The third-order valence-electron chi connectivity index (χ3n) is 3.87. The smallest absolute Gasteiger partial charge is 0.336 e. The number of allylic oxidation sites excluding steroid dienone is 1. The Morgan fingerprint density at radius 1 is 1.18 bits per heavy atom. The van der Waals surface area contributed by atoms with E-state index < -0.39 is 5.97 Å². The second-order valence-electron chi connectivity index (χ2n) is 5.44. The van der Waals surface area contributed by atoms with Gasteiger partial charge in [0.15, 0.2) is 0 Å². The number of aryl methyl sites for hydroxylation is 1. The lowest BCUT2D eigenvalue weighted by atomic mass is 10.0. The van der Waals surface area contributed by atoms with Crippen LogP contribution in [0, 0.1) is 0 Å². The summed E-state index contributed by atoms with van der Waals surface area (Å²) in [4.78, 5) is 11.4. The Hall–Kier alpha value is -1.58. The van der Waals surface area contributed by atoms with Crippen molar-refractivity contribution in [1.29, 1.82) is 0 Å². The zero-order chi connectivity index (χ0) is 15.7. The molecule has 0 spiro atoms. The highest BCUT2D eigenvalue weighted by Gasteiger charge is 2.20. The molecule has 1 aliphatic rings. The van der Waals surface area contributed by atoms with Gasteiger partial charge in [0.25, 0.3) is 0 Å². The van der Waals surface area contributed by atoms with Gasteiger partial charge in [-0.2, -0.15) is 0 Å². The predicted molar refractivity (Wildman–Crippen MR) is 92.6 cm³/mol. The number of aromatic carboxylic acids is 1. The molecule has 0 fully saturated rings. The van der Waals surface area contributed by atoms with Crippen molar-refractivity contribution in [1.82, 2.24) is 0 Å². The molecule has 2 aromatic rings. The van der Waals surface area contributed by atoms with Crippen molar-refractivity contribution in [2.75, 3.05) is 0 Å². The second kappa shape index (κ2) is 6.27. The van der Waals surface area contributed by atoms with Gasteiger partial charge in [0.05, 0.1) is 5.56 Å². The summed E-state index contributed by atoms with van der Waals surface area (Å²) in [5.74, 6) is -0.882. The summed E-state index contributed by atoms with van der Waals surface area (Å²) in [7, 11) is 0. The minimum atomic E-state index is -0.882. The summed E-state index contributed by atoms with van der Waals surface area (Å²) in [6, 6.07) is 11.5. The molecule has 0 unspecified atom stereocenters. The van der Waals surface area contributed by atoms with E-state index in [-0.39, 0.29) is 0 Å². The number of carbonyl (C=O) groups is 1. The number of hydrogen-bond donors (Lipinski definition) is 1. The molecule has 4 heteroatoms. The molecular formula is C18H14BrClO2. The van der Waals surface area contributed by atoms with Crippen LogP contribution < -0.4 is 0 Å². The third kappa shape index (κ3) is 3.26. The Kier molecular flexibility index (Phi) is 4.37. The Morgan fingerprint density at radius 2 is 1.91 bits per heavy atom. The van der Waals surface area contributed by atoms with Crippen molar-refractivity contribution in [3.05, 3.63) is 73.7 Å². The number of carboxylic acids is 1. The third-order valence-corrected chi connectivity index (χ3v) is 4.58. The van der Waals surface area contributed by atoms with Crippen molar-refractivity contribution < 1.29 is 9.90 Å². The van der Waals surface area contributed by atoms with Crippen LogP contribution in [0.1, 0.15) is 33.5 Å². The number of carboxylic acid groups (broad SMARTS) is 1. The van der Waals surface area contributed by atoms with E-state index >= 15 is 0 Å². The monoisotopic (exact) mass is 376 g/mol. The van der Waals surface area contributed by atoms with Gasteiger partial charge in [-0.15, -0.1) is 0 Å². The van der Waals surface area contributed by atoms with Crippen molar-refractivity contribution in [3.8, 4) is 0 Å². The van der Waals surface area contributed by atoms with E-state index in [0.717, 1.165) is 39.9 Å². The van der Waals surface area contributed by atoms with Crippen LogP contribution in [0.3, 0.4) is 0 Å². The van der Waals surface area contributed by atoms with Gasteiger partial charge in [-0.3, -0.25) is 0 Å². The van der Waals surface area contributed by atoms with Crippen LogP contribution in [0.4, 0.5) is 0 Å². The van der Waals surface area contributed by atoms with Crippen molar-refractivity contribution in [2.45, 2.75) is 19.3 Å². The summed E-state index contributed by atoms with van der Waals surface area (Å²) < 4.78 is 0.816. The van der Waals surface area contributed by atoms with Gasteiger partial charge in [-0.25, -0.2) is 4.79 Å². The van der Waals surface area contributed by atoms with E-state index in [1.165, 1.54) is 11.1 Å². The fourth-order valence-corrected chi connectivity index (χ4v) is 3.42. The number of rotatable bonds is 4. The minimum Gasteiger partial charge on any atom is -0.478 e. The van der Waals surface area contributed by atoms with Crippen LogP contribution in [0.5, 0.6) is 0 Å². The molecule has 0 radical (unpaired) electrons. The van der Waals surface area contributed by atoms with Crippen LogP contribution >= 0.6 is 27.5 Å². The Bertz CT molecular complexity index is 763. The lowest BCUT2D eigenvalue weighted by molar-refractivity contribution is 0.0696. The molecule has 0 amide bonds. The van der Waals surface area contributed by atoms with E-state index in [2.05, 4.69) is 15.9 Å². The van der Waals surface area contributed by atoms with Gasteiger partial charge >= 0.3 is 5.97 Å². The molecule has 0 aliphatic heterocycles. The summed E-state index contributed by atoms with van der Waals surface area (Å²) >= 11 is 9.28. The molecule has 0 atom stereocenters. The predicted octanol–water partition coefficient (Wildman–Crippen LogP) is 5.37. The molecule has 1 N–H and O–H groups in total. The highest BCUT2D eigenvalue weighted by Crippen LogP contribution is 2.33. The minimum absolute atomic E-state index is 0.367. The Labute approximate surface area is 142 Å². The van der Waals surface area contributed by atoms with Gasteiger partial charge in [0, 0.05) is 9.50 Å². The second-order valence-corrected chi connectivity index (χ2v) is 6.79. The molecule has 0 saturated heterocycles. The molecule has 2 aromatic carbocycles. The molecule has 3 rings (SSSR count). The molecule has 0 saturated carbocycles. The van der Waals surface area contributed by atoms with E-state index in [9.17, 15) is 9.90 Å². The summed E-state index contributed by atoms with van der Waals surface area (Å²) in [5, 5.41) is 10.1. The zero-order valence-corrected chi connectivity index (χ0v) is 14.1. The zero-order valence-electron chi connectivity index (χ0n) is 11.8. The van der Waals surface area contributed by atoms with Crippen LogP contribution in [-0.4, -0.2) is 11.1 Å². The van der Waals surface area contributed by atoms with E-state index in [0.29, 0.717) is 5.56 Å². The Morgan fingerprint density at radius 3 is 2.59 bits per heavy atom. The van der Waals surface area contributed by atoms with Gasteiger partial charge in [-0.1, -0.05) is 51.3 Å². The van der Waals surface area contributed by atoms with Crippen molar-refractivity contribution in [3.63, 3.8) is 0 Å². The van der Waals surface area contributed by atoms with Crippen LogP contribution in [-0.2, 0) is 12.8 Å². The average molecular weight is 378 g/mol. The molecule has 112 valence electrons. The van der Waals surface area contributed by atoms with Crippen molar-refractivity contribution >= 4 is 39.6 Å². The first kappa shape index (κ1) is 15.3. The summed E-state index contributed by atoms with van der Waals surface area (Å²) in [5.41, 5.74) is 4.80. The molecule has 1 aliphatic carbocycles. The first-order chi connectivity index (χ1) is 10.5. The fourth-order valence-electron chi connectivity index (χ4n) is 2.78. The van der Waals surface area contributed by atoms with E-state index in [4.69, 9.17) is 11.6 Å². The van der Waals surface area contributed by atoms with Crippen molar-refractivity contribution in [2.24, 2.45) is 0 Å². The van der Waals surface area contributed by atoms with Gasteiger partial charge in [0.2, 0.25) is 0 Å². The largest absolute Gasteiger partial charge is 0.478 e. The lowest BCUT2D eigenvalue weighted by Crippen LogP contribution is -2.00. The molecule has 0 aromatic heterocycles. The number of fused-ring (bicyclic) bond motifs is 1. The molecule has 0 heterocycles. The van der Waals surface area contributed by atoms with Gasteiger partial charge in [-0.05, 0) is 60.2 Å². The SMILES string of the molecule is O=C(O)c1cc(Br)cc2c1C=C(CCc1ccc(Cl)cc1)C2. The molecule has 2 nitrogen and oxygen atoms in total. The Balaban J connectivity index is 1.77. The molecular weight excluding hydrogens is 364 g/mol. The molecule has 0 bridgehead atoms. The highest BCUT2D eigenvalue weighted by molar-refractivity contribution is 9.10. The number of halogens is 2. The van der Waals surface area contributed by atoms with Crippen LogP contribution in [0.15, 0.2) is 46.4 Å². The first-order valence-electron chi connectivity index (χ1n) is 7.02. The van der Waals surface area contributed by atoms with E-state index in [1.54, 1.807) is 6.07 Å². The maximum absolute atomic E-state index is 11.4. The normalized spacial score (nSPS) is 12.9. The number of hydrogen-bond acceptors (Lipinski definition) is 1. The number of benzene rings is 2. The summed E-state index contributed by atoms with van der Waals surface area (Å²) in [6.07, 6.45) is 4.71.